The van der Waals surface area contributed by atoms with Crippen molar-refractivity contribution in [2.75, 3.05) is 28.7 Å². The van der Waals surface area contributed by atoms with Crippen LogP contribution in [-0.4, -0.2) is 29.6 Å². The summed E-state index contributed by atoms with van der Waals surface area (Å²) in [5.74, 6) is -0.126. The Morgan fingerprint density at radius 1 is 0.938 bits per heavy atom. The summed E-state index contributed by atoms with van der Waals surface area (Å²) in [6.45, 7) is 5.17. The van der Waals surface area contributed by atoms with E-state index >= 15 is 0 Å². The molecule has 8 heteroatoms. The molecule has 0 radical (unpaired) electrons. The normalized spacial score (nSPS) is 10.4. The second kappa shape index (κ2) is 9.30. The van der Waals surface area contributed by atoms with Gasteiger partial charge in [0.15, 0.2) is 0 Å². The van der Waals surface area contributed by atoms with Gasteiger partial charge in [-0.2, -0.15) is 0 Å². The zero-order valence-electron chi connectivity index (χ0n) is 18.5. The minimum atomic E-state index is -0.327. The molecule has 0 unspecified atom stereocenters. The van der Waals surface area contributed by atoms with Gasteiger partial charge in [0.05, 0.1) is 5.71 Å². The van der Waals surface area contributed by atoms with Crippen molar-refractivity contribution in [1.29, 1.82) is 5.41 Å². The lowest BCUT2D eigenvalue weighted by Gasteiger charge is -2.15. The van der Waals surface area contributed by atoms with E-state index in [1.165, 1.54) is 6.92 Å². The maximum Gasteiger partial charge on any atom is 0.255 e. The van der Waals surface area contributed by atoms with Crippen LogP contribution in [0.4, 0.5) is 22.9 Å². The minimum Gasteiger partial charge on any atom is -0.388 e. The molecule has 0 aliphatic carbocycles. The molecule has 8 nitrogen and oxygen atoms in total. The number of nitrogens with zero attached hydrogens (tertiary/aromatic N) is 1. The summed E-state index contributed by atoms with van der Waals surface area (Å²) in [6, 6.07) is 12.1. The molecule has 0 atom stereocenters. The van der Waals surface area contributed by atoms with Crippen LogP contribution in [0.25, 0.3) is 0 Å². The molecule has 1 heterocycles. The van der Waals surface area contributed by atoms with Crippen LogP contribution in [0.15, 0.2) is 48.7 Å². The van der Waals surface area contributed by atoms with Crippen LogP contribution in [0.1, 0.15) is 39.5 Å². The summed E-state index contributed by atoms with van der Waals surface area (Å²) in [5.41, 5.74) is 11.2. The molecule has 0 fully saturated rings. The van der Waals surface area contributed by atoms with E-state index in [9.17, 15) is 9.59 Å². The maximum atomic E-state index is 12.9. The number of rotatable bonds is 6. The van der Waals surface area contributed by atoms with Crippen molar-refractivity contribution in [3.05, 3.63) is 76.5 Å². The first kappa shape index (κ1) is 22.5. The largest absolute Gasteiger partial charge is 0.388 e. The number of nitrogen functional groups attached to an aromatic ring is 1. The quantitative estimate of drug-likeness (QED) is 0.378. The molecule has 164 valence electrons. The second-order valence-corrected chi connectivity index (χ2v) is 7.47. The van der Waals surface area contributed by atoms with E-state index in [1.807, 2.05) is 19.9 Å². The van der Waals surface area contributed by atoms with Gasteiger partial charge in [-0.15, -0.1) is 0 Å². The number of carbonyl (C=O) groups excluding carboxylic acids is 2. The number of aryl methyl sites for hydroxylation is 2. The summed E-state index contributed by atoms with van der Waals surface area (Å²) < 4.78 is 0. The third-order valence-corrected chi connectivity index (χ3v) is 5.03. The number of pyridine rings is 1. The fourth-order valence-corrected chi connectivity index (χ4v) is 3.32. The number of anilines is 4. The van der Waals surface area contributed by atoms with Gasteiger partial charge < -0.3 is 21.7 Å². The molecule has 2 amide bonds. The third kappa shape index (κ3) is 4.92. The lowest BCUT2D eigenvalue weighted by Crippen LogP contribution is -2.15. The van der Waals surface area contributed by atoms with E-state index in [2.05, 4.69) is 20.9 Å². The van der Waals surface area contributed by atoms with Gasteiger partial charge in [-0.05, 0) is 61.4 Å². The Kier molecular flexibility index (Phi) is 6.53. The molecule has 0 bridgehead atoms. The van der Waals surface area contributed by atoms with E-state index in [-0.39, 0.29) is 17.5 Å². The highest BCUT2D eigenvalue weighted by Crippen LogP contribution is 2.25. The molecule has 0 aliphatic heterocycles. The molecule has 0 saturated heterocycles. The molecule has 1 aromatic heterocycles. The van der Waals surface area contributed by atoms with E-state index < -0.39 is 0 Å². The van der Waals surface area contributed by atoms with Gasteiger partial charge in [-0.1, -0.05) is 6.07 Å². The summed E-state index contributed by atoms with van der Waals surface area (Å²) in [4.78, 5) is 28.4. The first-order valence-corrected chi connectivity index (χ1v) is 10.0. The molecular weight excluding hydrogens is 404 g/mol. The summed E-state index contributed by atoms with van der Waals surface area (Å²) >= 11 is 0. The smallest absolute Gasteiger partial charge is 0.255 e. The van der Waals surface area contributed by atoms with Crippen molar-refractivity contribution in [1.82, 2.24) is 4.98 Å². The van der Waals surface area contributed by atoms with Crippen LogP contribution < -0.4 is 21.7 Å². The number of hydrogen-bond acceptors (Lipinski definition) is 6. The lowest BCUT2D eigenvalue weighted by atomic mass is 9.96. The molecule has 2 aromatic carbocycles. The SMILES string of the molecule is CNc1ccc(C(=O)Nc2ccc(C)c(NC(C)=O)c2)cc1C(=N)c1cnc(N)cc1C. The second-order valence-electron chi connectivity index (χ2n) is 7.47. The first-order chi connectivity index (χ1) is 15.2. The zero-order chi connectivity index (χ0) is 23.4. The number of carbonyl (C=O) groups is 2. The predicted molar refractivity (Wildman–Crippen MR) is 129 cm³/mol. The maximum absolute atomic E-state index is 12.9. The summed E-state index contributed by atoms with van der Waals surface area (Å²) in [5, 5.41) is 17.4. The van der Waals surface area contributed by atoms with Gasteiger partial charge in [0.2, 0.25) is 5.91 Å². The molecule has 0 saturated carbocycles. The predicted octanol–water partition coefficient (Wildman–Crippen LogP) is 3.95. The number of amides is 2. The summed E-state index contributed by atoms with van der Waals surface area (Å²) in [6.07, 6.45) is 1.56. The number of benzene rings is 2. The topological polar surface area (TPSA) is 133 Å². The van der Waals surface area contributed by atoms with E-state index in [4.69, 9.17) is 11.1 Å². The summed E-state index contributed by atoms with van der Waals surface area (Å²) in [7, 11) is 1.76. The van der Waals surface area contributed by atoms with Gasteiger partial charge in [0, 0.05) is 53.9 Å². The van der Waals surface area contributed by atoms with Crippen LogP contribution in [-0.2, 0) is 4.79 Å². The highest BCUT2D eigenvalue weighted by Gasteiger charge is 2.16. The van der Waals surface area contributed by atoms with Gasteiger partial charge in [-0.25, -0.2) is 4.98 Å². The Hall–Kier alpha value is -4.20. The van der Waals surface area contributed by atoms with Crippen molar-refractivity contribution < 1.29 is 9.59 Å². The molecule has 32 heavy (non-hydrogen) atoms. The van der Waals surface area contributed by atoms with E-state index in [1.54, 1.807) is 49.6 Å². The third-order valence-electron chi connectivity index (χ3n) is 5.03. The molecular formula is C24H26N6O2. The fraction of sp³-hybridized carbons (Fsp3) is 0.167. The average Bonchev–Trinajstić information content (AvgIpc) is 2.74. The van der Waals surface area contributed by atoms with Crippen LogP contribution in [0.2, 0.25) is 0 Å². The van der Waals surface area contributed by atoms with Gasteiger partial charge in [0.1, 0.15) is 5.82 Å². The fourth-order valence-electron chi connectivity index (χ4n) is 3.32. The Bertz CT molecular complexity index is 1220. The molecule has 6 N–H and O–H groups in total. The van der Waals surface area contributed by atoms with Crippen LogP contribution in [0, 0.1) is 19.3 Å². The van der Waals surface area contributed by atoms with Gasteiger partial charge in [-0.3, -0.25) is 15.0 Å². The molecule has 3 aromatic rings. The first-order valence-electron chi connectivity index (χ1n) is 10.0. The van der Waals surface area contributed by atoms with Crippen LogP contribution >= 0.6 is 0 Å². The standard InChI is InChI=1S/C24H26N6O2/c1-13-5-7-17(11-21(13)29-15(3)31)30-24(32)16-6-8-20(27-4)18(10-16)23(26)19-12-28-22(25)9-14(19)2/h5-12,26-27H,1-4H3,(H2,25,28)(H,29,31)(H,30,32). The van der Waals surface area contributed by atoms with Crippen molar-refractivity contribution in [3.63, 3.8) is 0 Å². The van der Waals surface area contributed by atoms with Crippen molar-refractivity contribution >= 4 is 40.4 Å². The number of aromatic nitrogens is 1. The van der Waals surface area contributed by atoms with Crippen LogP contribution in [0.5, 0.6) is 0 Å². The van der Waals surface area contributed by atoms with E-state index in [0.717, 1.165) is 11.1 Å². The number of nitrogens with two attached hydrogens (primary N) is 1. The Morgan fingerprint density at radius 3 is 2.34 bits per heavy atom. The Balaban J connectivity index is 1.92. The Morgan fingerprint density at radius 2 is 1.69 bits per heavy atom. The number of nitrogens with one attached hydrogen (secondary N) is 4. The minimum absolute atomic E-state index is 0.185. The lowest BCUT2D eigenvalue weighted by molar-refractivity contribution is -0.114. The van der Waals surface area contributed by atoms with E-state index in [0.29, 0.717) is 39.6 Å². The Labute approximate surface area is 186 Å². The highest BCUT2D eigenvalue weighted by atomic mass is 16.2. The van der Waals surface area contributed by atoms with Gasteiger partial charge in [0.25, 0.3) is 5.91 Å². The molecule has 0 aliphatic rings. The highest BCUT2D eigenvalue weighted by molar-refractivity contribution is 6.16. The molecule has 0 spiro atoms. The number of hydrogen-bond donors (Lipinski definition) is 5. The van der Waals surface area contributed by atoms with Crippen LogP contribution in [0.3, 0.4) is 0 Å². The van der Waals surface area contributed by atoms with Crippen molar-refractivity contribution in [2.24, 2.45) is 0 Å². The zero-order valence-corrected chi connectivity index (χ0v) is 18.5. The van der Waals surface area contributed by atoms with Crippen molar-refractivity contribution in [3.8, 4) is 0 Å². The van der Waals surface area contributed by atoms with Crippen molar-refractivity contribution in [2.45, 2.75) is 20.8 Å². The molecule has 3 rings (SSSR count). The van der Waals surface area contributed by atoms with Gasteiger partial charge >= 0.3 is 0 Å². The monoisotopic (exact) mass is 430 g/mol. The average molecular weight is 431 g/mol.